The van der Waals surface area contributed by atoms with E-state index in [-0.39, 0.29) is 4.83 Å². The minimum absolute atomic E-state index is 0.140. The summed E-state index contributed by atoms with van der Waals surface area (Å²) in [6, 6.07) is 0. The van der Waals surface area contributed by atoms with E-state index in [0.717, 1.165) is 17.9 Å². The van der Waals surface area contributed by atoms with Crippen molar-refractivity contribution in [1.29, 1.82) is 0 Å². The average Bonchev–Trinajstić information content (AvgIpc) is 1.77. The van der Waals surface area contributed by atoms with Gasteiger partial charge in [-0.25, -0.2) is 0 Å². The maximum absolute atomic E-state index is 10.7. The Kier molecular flexibility index (Phi) is 2.38. The summed E-state index contributed by atoms with van der Waals surface area (Å²) < 4.78 is 0. The SMILES string of the molecule is O=C1CCSC[C@@H]1Br. The molecule has 0 aromatic heterocycles. The second-order valence-electron chi connectivity index (χ2n) is 1.76. The lowest BCUT2D eigenvalue weighted by Gasteiger charge is -2.12. The molecule has 0 N–H and O–H groups in total. The number of hydrogen-bond donors (Lipinski definition) is 0. The fourth-order valence-electron chi connectivity index (χ4n) is 0.609. The van der Waals surface area contributed by atoms with Crippen molar-refractivity contribution in [3.05, 3.63) is 0 Å². The van der Waals surface area contributed by atoms with Gasteiger partial charge in [-0.15, -0.1) is 0 Å². The Labute approximate surface area is 61.3 Å². The summed E-state index contributed by atoms with van der Waals surface area (Å²) in [7, 11) is 0. The molecule has 1 nitrogen and oxygen atoms in total. The van der Waals surface area contributed by atoms with Gasteiger partial charge >= 0.3 is 0 Å². The van der Waals surface area contributed by atoms with E-state index >= 15 is 0 Å². The Morgan fingerprint density at radius 3 is 2.88 bits per heavy atom. The predicted molar refractivity (Wildman–Crippen MR) is 39.7 cm³/mol. The van der Waals surface area contributed by atoms with Gasteiger partial charge in [-0.2, -0.15) is 11.8 Å². The molecule has 8 heavy (non-hydrogen) atoms. The van der Waals surface area contributed by atoms with Gasteiger partial charge in [0.05, 0.1) is 4.83 Å². The zero-order valence-corrected chi connectivity index (χ0v) is 6.80. The highest BCUT2D eigenvalue weighted by molar-refractivity contribution is 9.10. The van der Waals surface area contributed by atoms with Crippen LogP contribution in [0.5, 0.6) is 0 Å². The fraction of sp³-hybridized carbons (Fsp3) is 0.800. The molecule has 0 spiro atoms. The number of alkyl halides is 1. The van der Waals surface area contributed by atoms with Gasteiger partial charge in [-0.05, 0) is 0 Å². The highest BCUT2D eigenvalue weighted by Gasteiger charge is 2.18. The predicted octanol–water partition coefficient (Wildman–Crippen LogP) is 1.46. The van der Waals surface area contributed by atoms with E-state index in [9.17, 15) is 4.79 Å². The third kappa shape index (κ3) is 1.49. The van der Waals surface area contributed by atoms with E-state index in [1.807, 2.05) is 11.8 Å². The van der Waals surface area contributed by atoms with Crippen LogP contribution in [0.1, 0.15) is 6.42 Å². The average molecular weight is 195 g/mol. The molecule has 1 aliphatic heterocycles. The number of carbonyl (C=O) groups is 1. The molecule has 0 aliphatic carbocycles. The smallest absolute Gasteiger partial charge is 0.148 e. The fourth-order valence-corrected chi connectivity index (χ4v) is 2.30. The summed E-state index contributed by atoms with van der Waals surface area (Å²) in [6.07, 6.45) is 0.751. The Hall–Kier alpha value is 0.500. The second-order valence-corrected chi connectivity index (χ2v) is 4.01. The molecule has 3 heteroatoms. The molecule has 0 aromatic carbocycles. The van der Waals surface area contributed by atoms with E-state index in [0.29, 0.717) is 5.78 Å². The van der Waals surface area contributed by atoms with Gasteiger partial charge in [-0.3, -0.25) is 4.79 Å². The van der Waals surface area contributed by atoms with Crippen molar-refractivity contribution >= 4 is 33.5 Å². The first-order chi connectivity index (χ1) is 3.80. The number of rotatable bonds is 0. The monoisotopic (exact) mass is 194 g/mol. The van der Waals surface area contributed by atoms with Crippen molar-refractivity contribution in [2.24, 2.45) is 0 Å². The first kappa shape index (κ1) is 6.62. The van der Waals surface area contributed by atoms with Gasteiger partial charge in [0.25, 0.3) is 0 Å². The molecule has 1 saturated heterocycles. The van der Waals surface area contributed by atoms with Crippen molar-refractivity contribution in [2.45, 2.75) is 11.2 Å². The molecule has 0 bridgehead atoms. The number of ketones is 1. The third-order valence-electron chi connectivity index (χ3n) is 1.11. The van der Waals surface area contributed by atoms with E-state index in [2.05, 4.69) is 15.9 Å². The zero-order valence-electron chi connectivity index (χ0n) is 4.39. The molecule has 0 radical (unpaired) electrons. The number of Topliss-reactive ketones (excluding diaryl/α,β-unsaturated/α-hetero) is 1. The van der Waals surface area contributed by atoms with Crippen molar-refractivity contribution in [1.82, 2.24) is 0 Å². The summed E-state index contributed by atoms with van der Waals surface area (Å²) in [5, 5.41) is 0. The molecule has 1 atom stereocenters. The van der Waals surface area contributed by atoms with Crippen LogP contribution in [0.4, 0.5) is 0 Å². The lowest BCUT2D eigenvalue weighted by Crippen LogP contribution is -2.21. The Morgan fingerprint density at radius 2 is 2.50 bits per heavy atom. The molecule has 1 fully saturated rings. The summed E-state index contributed by atoms with van der Waals surface area (Å²) >= 11 is 5.12. The first-order valence-corrected chi connectivity index (χ1v) is 4.62. The highest BCUT2D eigenvalue weighted by Crippen LogP contribution is 2.19. The lowest BCUT2D eigenvalue weighted by atomic mass is 10.2. The largest absolute Gasteiger partial charge is 0.298 e. The Balaban J connectivity index is 2.39. The molecule has 1 rings (SSSR count). The van der Waals surface area contributed by atoms with Crippen LogP contribution in [-0.2, 0) is 4.79 Å². The highest BCUT2D eigenvalue weighted by atomic mass is 79.9. The molecular formula is C5H7BrOS. The van der Waals surface area contributed by atoms with Crippen LogP contribution in [0, 0.1) is 0 Å². The summed E-state index contributed by atoms with van der Waals surface area (Å²) in [5.41, 5.74) is 0. The van der Waals surface area contributed by atoms with Gasteiger partial charge < -0.3 is 0 Å². The number of halogens is 1. The maximum atomic E-state index is 10.7. The molecular weight excluding hydrogens is 188 g/mol. The van der Waals surface area contributed by atoms with Crippen LogP contribution in [0.2, 0.25) is 0 Å². The van der Waals surface area contributed by atoms with Crippen molar-refractivity contribution < 1.29 is 4.79 Å². The molecule has 46 valence electrons. The van der Waals surface area contributed by atoms with Gasteiger partial charge in [0, 0.05) is 17.9 Å². The van der Waals surface area contributed by atoms with Crippen LogP contribution < -0.4 is 0 Å². The molecule has 1 heterocycles. The number of thioether (sulfide) groups is 1. The maximum Gasteiger partial charge on any atom is 0.148 e. The minimum atomic E-state index is 0.140. The molecule has 0 amide bonds. The topological polar surface area (TPSA) is 17.1 Å². The van der Waals surface area contributed by atoms with Crippen LogP contribution in [0.15, 0.2) is 0 Å². The normalized spacial score (nSPS) is 30.6. The summed E-state index contributed by atoms with van der Waals surface area (Å²) in [5.74, 6) is 2.34. The van der Waals surface area contributed by atoms with Crippen molar-refractivity contribution in [3.63, 3.8) is 0 Å². The van der Waals surface area contributed by atoms with Gasteiger partial charge in [-0.1, -0.05) is 15.9 Å². The molecule has 0 aromatic rings. The van der Waals surface area contributed by atoms with Gasteiger partial charge in [0.2, 0.25) is 0 Å². The van der Waals surface area contributed by atoms with E-state index in [1.165, 1.54) is 0 Å². The second kappa shape index (κ2) is 2.87. The van der Waals surface area contributed by atoms with Crippen molar-refractivity contribution in [2.75, 3.05) is 11.5 Å². The molecule has 0 unspecified atom stereocenters. The minimum Gasteiger partial charge on any atom is -0.298 e. The van der Waals surface area contributed by atoms with E-state index in [1.54, 1.807) is 0 Å². The quantitative estimate of drug-likeness (QED) is 0.544. The number of hydrogen-bond acceptors (Lipinski definition) is 2. The Bertz CT molecular complexity index is 105. The van der Waals surface area contributed by atoms with Crippen LogP contribution in [0.25, 0.3) is 0 Å². The summed E-state index contributed by atoms with van der Waals surface area (Å²) in [4.78, 5) is 10.9. The van der Waals surface area contributed by atoms with Crippen LogP contribution in [0.3, 0.4) is 0 Å². The van der Waals surface area contributed by atoms with Gasteiger partial charge in [0.15, 0.2) is 0 Å². The van der Waals surface area contributed by atoms with Crippen molar-refractivity contribution in [3.8, 4) is 0 Å². The van der Waals surface area contributed by atoms with Crippen LogP contribution >= 0.6 is 27.7 Å². The lowest BCUT2D eigenvalue weighted by molar-refractivity contribution is -0.117. The van der Waals surface area contributed by atoms with Gasteiger partial charge in [0.1, 0.15) is 5.78 Å². The van der Waals surface area contributed by atoms with E-state index in [4.69, 9.17) is 0 Å². The first-order valence-electron chi connectivity index (χ1n) is 2.55. The third-order valence-corrected chi connectivity index (χ3v) is 3.43. The van der Waals surface area contributed by atoms with E-state index < -0.39 is 0 Å². The zero-order chi connectivity index (χ0) is 5.98. The molecule has 1 aliphatic rings. The molecule has 0 saturated carbocycles. The number of carbonyl (C=O) groups excluding carboxylic acids is 1. The summed E-state index contributed by atoms with van der Waals surface area (Å²) in [6.45, 7) is 0. The van der Waals surface area contributed by atoms with Crippen LogP contribution in [-0.4, -0.2) is 22.1 Å². The Morgan fingerprint density at radius 1 is 1.75 bits per heavy atom. The standard InChI is InChI=1S/C5H7BrOS/c6-4-3-8-2-1-5(4)7/h4H,1-3H2/t4-/m0/s1.